The third-order valence-corrected chi connectivity index (χ3v) is 6.09. The maximum Gasteiger partial charge on any atom is 0.277 e. The van der Waals surface area contributed by atoms with Crippen molar-refractivity contribution in [3.05, 3.63) is 83.3 Å². The fourth-order valence-electron chi connectivity index (χ4n) is 3.77. The lowest BCUT2D eigenvalue weighted by molar-refractivity contribution is -0.123. The summed E-state index contributed by atoms with van der Waals surface area (Å²) in [5.74, 6) is 0.333. The Labute approximate surface area is 214 Å². The van der Waals surface area contributed by atoms with Crippen LogP contribution in [0.1, 0.15) is 32.6 Å². The zero-order chi connectivity index (χ0) is 24.5. The Morgan fingerprint density at radius 2 is 1.80 bits per heavy atom. The third-order valence-electron chi connectivity index (χ3n) is 5.59. The highest BCUT2D eigenvalue weighted by Gasteiger charge is 2.11. The van der Waals surface area contributed by atoms with Gasteiger partial charge in [0.1, 0.15) is 5.75 Å². The number of carbonyl (C=O) groups is 1. The average Bonchev–Trinajstić information content (AvgIpc) is 2.89. The number of rotatable bonds is 10. The molecule has 178 valence electrons. The lowest BCUT2D eigenvalue weighted by Crippen LogP contribution is -2.24. The second-order valence-electron chi connectivity index (χ2n) is 8.24. The Morgan fingerprint density at radius 3 is 2.57 bits per heavy atom. The number of aromatic nitrogens is 1. The number of pyridine rings is 1. The Balaban J connectivity index is 1.46. The molecule has 0 spiro atoms. The van der Waals surface area contributed by atoms with Gasteiger partial charge in [-0.15, -0.1) is 0 Å². The van der Waals surface area contributed by atoms with Crippen LogP contribution in [0.4, 0.5) is 0 Å². The predicted octanol–water partition coefficient (Wildman–Crippen LogP) is 7.39. The van der Waals surface area contributed by atoms with E-state index in [9.17, 15) is 4.79 Å². The summed E-state index contributed by atoms with van der Waals surface area (Å²) in [7, 11) is 0. The van der Waals surface area contributed by atoms with E-state index in [0.717, 1.165) is 57.0 Å². The molecule has 0 aliphatic heterocycles. The number of hydrogen-bond donors (Lipinski definition) is 1. The largest absolute Gasteiger partial charge is 0.484 e. The van der Waals surface area contributed by atoms with Crippen molar-refractivity contribution in [2.75, 3.05) is 6.61 Å². The molecule has 6 heteroatoms. The molecule has 5 nitrogen and oxygen atoms in total. The minimum absolute atomic E-state index is 0.0904. The maximum absolute atomic E-state index is 12.0. The monoisotopic (exact) mass is 529 g/mol. The van der Waals surface area contributed by atoms with E-state index in [2.05, 4.69) is 57.6 Å². The average molecular weight is 530 g/mol. The molecule has 1 amide bonds. The first-order valence-electron chi connectivity index (χ1n) is 11.8. The highest BCUT2D eigenvalue weighted by molar-refractivity contribution is 9.10. The van der Waals surface area contributed by atoms with Crippen LogP contribution in [0.2, 0.25) is 0 Å². The first kappa shape index (κ1) is 24.6. The minimum Gasteiger partial charge on any atom is -0.484 e. The van der Waals surface area contributed by atoms with Gasteiger partial charge in [-0.3, -0.25) is 4.79 Å². The molecule has 1 heterocycles. The van der Waals surface area contributed by atoms with Gasteiger partial charge in [0.05, 0.1) is 11.2 Å². The van der Waals surface area contributed by atoms with Crippen LogP contribution in [0.15, 0.2) is 88.4 Å². The molecule has 1 aromatic heterocycles. The topological polar surface area (TPSA) is 63.6 Å². The molecule has 4 aromatic rings. The van der Waals surface area contributed by atoms with E-state index in [-0.39, 0.29) is 12.5 Å². The third kappa shape index (κ3) is 6.76. The summed E-state index contributed by atoms with van der Waals surface area (Å²) in [6.07, 6.45) is 6.01. The van der Waals surface area contributed by atoms with Crippen molar-refractivity contribution < 1.29 is 9.53 Å². The van der Waals surface area contributed by atoms with E-state index < -0.39 is 0 Å². The van der Waals surface area contributed by atoms with Crippen LogP contribution in [0, 0.1) is 0 Å². The first-order valence-corrected chi connectivity index (χ1v) is 12.6. The van der Waals surface area contributed by atoms with Gasteiger partial charge in [-0.2, -0.15) is 5.10 Å². The van der Waals surface area contributed by atoms with Crippen LogP contribution in [0.3, 0.4) is 0 Å². The van der Waals surface area contributed by atoms with Crippen LogP contribution in [0.5, 0.6) is 5.75 Å². The Bertz CT molecular complexity index is 1310. The molecule has 35 heavy (non-hydrogen) atoms. The van der Waals surface area contributed by atoms with E-state index in [1.165, 1.54) is 6.42 Å². The molecule has 1 N–H and O–H groups in total. The molecular weight excluding hydrogens is 502 g/mol. The fourth-order valence-corrected chi connectivity index (χ4v) is 4.13. The van der Waals surface area contributed by atoms with E-state index >= 15 is 0 Å². The molecular formula is C29H28BrN3O2. The highest BCUT2D eigenvalue weighted by atomic mass is 79.9. The summed E-state index contributed by atoms with van der Waals surface area (Å²) in [5, 5.41) is 5.05. The SMILES string of the molecule is CCCCC/C=N/NC(=O)COc1ccc(-c2cc(-c3ccccc3)c3cc(Br)ccc3n2)cc1. The van der Waals surface area contributed by atoms with E-state index in [1.54, 1.807) is 6.21 Å². The molecule has 0 saturated heterocycles. The normalized spacial score (nSPS) is 11.1. The van der Waals surface area contributed by atoms with Crippen molar-refractivity contribution in [2.24, 2.45) is 5.10 Å². The number of ether oxygens (including phenoxy) is 1. The van der Waals surface area contributed by atoms with E-state index in [4.69, 9.17) is 9.72 Å². The van der Waals surface area contributed by atoms with Gasteiger partial charge in [0.15, 0.2) is 6.61 Å². The number of hydrogen-bond acceptors (Lipinski definition) is 4. The summed E-state index contributed by atoms with van der Waals surface area (Å²) < 4.78 is 6.64. The second-order valence-corrected chi connectivity index (χ2v) is 9.15. The van der Waals surface area contributed by atoms with E-state index in [0.29, 0.717) is 5.75 Å². The molecule has 0 saturated carbocycles. The maximum atomic E-state index is 12.0. The number of nitrogens with one attached hydrogen (secondary N) is 1. The summed E-state index contributed by atoms with van der Waals surface area (Å²) in [4.78, 5) is 16.8. The molecule has 0 aliphatic rings. The molecule has 4 rings (SSSR count). The summed E-state index contributed by atoms with van der Waals surface area (Å²) >= 11 is 3.58. The molecule has 0 aliphatic carbocycles. The molecule has 0 bridgehead atoms. The van der Waals surface area contributed by atoms with E-state index in [1.807, 2.05) is 54.6 Å². The van der Waals surface area contributed by atoms with Crippen LogP contribution in [-0.4, -0.2) is 23.7 Å². The molecule has 0 atom stereocenters. The van der Waals surface area contributed by atoms with Crippen molar-refractivity contribution >= 4 is 39.0 Å². The fraction of sp³-hybridized carbons (Fsp3) is 0.207. The van der Waals surface area contributed by atoms with Crippen LogP contribution in [-0.2, 0) is 4.79 Å². The number of hydrazone groups is 1. The molecule has 0 radical (unpaired) electrons. The van der Waals surface area contributed by atoms with Crippen LogP contribution >= 0.6 is 15.9 Å². The van der Waals surface area contributed by atoms with Gasteiger partial charge in [-0.25, -0.2) is 10.4 Å². The number of nitrogens with zero attached hydrogens (tertiary/aromatic N) is 2. The van der Waals surface area contributed by atoms with Crippen molar-refractivity contribution in [2.45, 2.75) is 32.6 Å². The Morgan fingerprint density at radius 1 is 1.00 bits per heavy atom. The molecule has 0 unspecified atom stereocenters. The van der Waals surface area contributed by atoms with Gasteiger partial charge < -0.3 is 4.74 Å². The number of benzene rings is 3. The quantitative estimate of drug-likeness (QED) is 0.132. The zero-order valence-corrected chi connectivity index (χ0v) is 21.3. The number of carbonyl (C=O) groups excluding carboxylic acids is 1. The van der Waals surface area contributed by atoms with Crippen LogP contribution in [0.25, 0.3) is 33.3 Å². The summed E-state index contributed by atoms with van der Waals surface area (Å²) in [5.41, 5.74) is 7.54. The number of fused-ring (bicyclic) bond motifs is 1. The first-order chi connectivity index (χ1) is 17.1. The Hall–Kier alpha value is -3.51. The second kappa shape index (κ2) is 12.3. The van der Waals surface area contributed by atoms with Gasteiger partial charge in [-0.1, -0.05) is 66.0 Å². The minimum atomic E-state index is -0.282. The number of unbranched alkanes of at least 4 members (excludes halogenated alkanes) is 3. The van der Waals surface area contributed by atoms with Crippen LogP contribution < -0.4 is 10.2 Å². The van der Waals surface area contributed by atoms with Crippen molar-refractivity contribution in [1.82, 2.24) is 10.4 Å². The van der Waals surface area contributed by atoms with Crippen molar-refractivity contribution in [1.29, 1.82) is 0 Å². The summed E-state index contributed by atoms with van der Waals surface area (Å²) in [6, 6.07) is 26.2. The van der Waals surface area contributed by atoms with Gasteiger partial charge in [0.2, 0.25) is 0 Å². The van der Waals surface area contributed by atoms with Crippen molar-refractivity contribution in [3.63, 3.8) is 0 Å². The zero-order valence-electron chi connectivity index (χ0n) is 19.7. The van der Waals surface area contributed by atoms with Gasteiger partial charge in [0, 0.05) is 21.6 Å². The Kier molecular flexibility index (Phi) is 8.63. The molecule has 3 aromatic carbocycles. The van der Waals surface area contributed by atoms with Crippen molar-refractivity contribution in [3.8, 4) is 28.1 Å². The van der Waals surface area contributed by atoms with Gasteiger partial charge in [0.25, 0.3) is 5.91 Å². The standard InChI is InChI=1S/C29H28BrN3O2/c1-2-3-4-8-17-31-33-29(34)20-35-24-14-11-22(12-15-24)28-19-25(21-9-6-5-7-10-21)26-18-23(30)13-16-27(26)32-28/h5-7,9-19H,2-4,8,20H2,1H3,(H,33,34)/b31-17+. The van der Waals surface area contributed by atoms with Gasteiger partial charge in [-0.05, 0) is 72.5 Å². The molecule has 0 fully saturated rings. The lowest BCUT2D eigenvalue weighted by atomic mass is 9.98. The highest BCUT2D eigenvalue weighted by Crippen LogP contribution is 2.34. The number of amides is 1. The lowest BCUT2D eigenvalue weighted by Gasteiger charge is -2.11. The number of halogens is 1. The predicted molar refractivity (Wildman–Crippen MR) is 147 cm³/mol. The smallest absolute Gasteiger partial charge is 0.277 e. The summed E-state index contributed by atoms with van der Waals surface area (Å²) in [6.45, 7) is 2.06. The van der Waals surface area contributed by atoms with Gasteiger partial charge >= 0.3 is 0 Å².